The van der Waals surface area contributed by atoms with Gasteiger partial charge in [-0.2, -0.15) is 23.3 Å². The Morgan fingerprint density at radius 1 is 1.11 bits per heavy atom. The third-order valence-corrected chi connectivity index (χ3v) is 5.86. The maximum absolute atomic E-state index is 12.7. The highest BCUT2D eigenvalue weighted by Gasteiger charge is 2.30. The number of alkyl halides is 3. The second kappa shape index (κ2) is 10.1. The van der Waals surface area contributed by atoms with E-state index in [1.54, 1.807) is 19.2 Å². The predicted molar refractivity (Wildman–Crippen MR) is 122 cm³/mol. The van der Waals surface area contributed by atoms with Crippen LogP contribution in [0.15, 0.2) is 53.3 Å². The molecule has 0 unspecified atom stereocenters. The molecule has 0 saturated heterocycles. The summed E-state index contributed by atoms with van der Waals surface area (Å²) in [4.78, 5) is 8.12. The number of pyridine rings is 1. The number of nitrogens with one attached hydrogen (secondary N) is 1. The van der Waals surface area contributed by atoms with Gasteiger partial charge < -0.3 is 9.26 Å². The van der Waals surface area contributed by atoms with E-state index in [4.69, 9.17) is 9.26 Å². The number of nitrogens with zero attached hydrogens (tertiary/aromatic N) is 5. The fraction of sp³-hybridized carbons (Fsp3) is 0.273. The summed E-state index contributed by atoms with van der Waals surface area (Å²) in [6.45, 7) is 0.247. The molecule has 3 aromatic heterocycles. The van der Waals surface area contributed by atoms with E-state index in [0.29, 0.717) is 41.8 Å². The number of aromatic nitrogens is 5. The second-order valence-electron chi connectivity index (χ2n) is 7.84. The molecule has 36 heavy (non-hydrogen) atoms. The van der Waals surface area contributed by atoms with Crippen molar-refractivity contribution in [1.82, 2.24) is 29.6 Å². The first-order valence-corrected chi connectivity index (χ1v) is 12.4. The van der Waals surface area contributed by atoms with Crippen LogP contribution in [0.5, 0.6) is 5.88 Å². The molecule has 0 fully saturated rings. The molecule has 1 N–H and O–H groups in total. The van der Waals surface area contributed by atoms with Crippen LogP contribution in [-0.2, 0) is 36.3 Å². The number of aryl methyl sites for hydroxylation is 1. The largest absolute Gasteiger partial charge is 0.471 e. The van der Waals surface area contributed by atoms with Crippen molar-refractivity contribution in [1.29, 1.82) is 0 Å². The molecular weight excluding hydrogens is 501 g/mol. The molecule has 14 heteroatoms. The quantitative estimate of drug-likeness (QED) is 0.355. The third kappa shape index (κ3) is 6.26. The van der Waals surface area contributed by atoms with Gasteiger partial charge in [0, 0.05) is 31.4 Å². The highest BCUT2D eigenvalue weighted by atomic mass is 32.2. The van der Waals surface area contributed by atoms with E-state index < -0.39 is 21.8 Å². The zero-order chi connectivity index (χ0) is 25.9. The Hall–Kier alpha value is -3.78. The lowest BCUT2D eigenvalue weighted by atomic mass is 10.1. The van der Waals surface area contributed by atoms with Crippen LogP contribution in [0.25, 0.3) is 22.8 Å². The summed E-state index contributed by atoms with van der Waals surface area (Å²) in [5, 5.41) is 8.20. The first-order chi connectivity index (χ1) is 17.0. The lowest BCUT2D eigenvalue weighted by Crippen LogP contribution is -2.24. The monoisotopic (exact) mass is 522 g/mol. The van der Waals surface area contributed by atoms with Crippen molar-refractivity contribution in [3.63, 3.8) is 0 Å². The van der Waals surface area contributed by atoms with E-state index in [2.05, 4.69) is 24.9 Å². The Balaban J connectivity index is 1.44. The molecule has 0 amide bonds. The molecule has 0 spiro atoms. The van der Waals surface area contributed by atoms with E-state index in [1.807, 2.05) is 12.1 Å². The van der Waals surface area contributed by atoms with Gasteiger partial charge >= 0.3 is 6.18 Å². The van der Waals surface area contributed by atoms with Crippen molar-refractivity contribution in [2.75, 3.05) is 12.8 Å². The van der Waals surface area contributed by atoms with Crippen molar-refractivity contribution in [2.24, 2.45) is 7.05 Å². The Bertz CT molecular complexity index is 1430. The van der Waals surface area contributed by atoms with Gasteiger partial charge in [0.2, 0.25) is 21.7 Å². The summed E-state index contributed by atoms with van der Waals surface area (Å²) in [7, 11) is -1.56. The van der Waals surface area contributed by atoms with E-state index in [1.165, 1.54) is 10.9 Å². The predicted octanol–water partition coefficient (Wildman–Crippen LogP) is 3.22. The van der Waals surface area contributed by atoms with Gasteiger partial charge in [0.15, 0.2) is 0 Å². The minimum absolute atomic E-state index is 0.0215. The molecule has 10 nitrogen and oxygen atoms in total. The van der Waals surface area contributed by atoms with Crippen LogP contribution >= 0.6 is 0 Å². The first-order valence-electron chi connectivity index (χ1n) is 10.5. The van der Waals surface area contributed by atoms with E-state index >= 15 is 0 Å². The topological polar surface area (TPSA) is 125 Å². The minimum atomic E-state index is -4.48. The maximum Gasteiger partial charge on any atom is 0.417 e. The van der Waals surface area contributed by atoms with Gasteiger partial charge in [0.1, 0.15) is 6.61 Å². The van der Waals surface area contributed by atoms with Gasteiger partial charge in [-0.15, -0.1) is 0 Å². The smallest absolute Gasteiger partial charge is 0.417 e. The van der Waals surface area contributed by atoms with Crippen molar-refractivity contribution in [3.8, 4) is 28.7 Å². The molecule has 0 aliphatic carbocycles. The molecule has 0 atom stereocenters. The highest BCUT2D eigenvalue weighted by molar-refractivity contribution is 7.88. The van der Waals surface area contributed by atoms with Gasteiger partial charge in [-0.1, -0.05) is 29.4 Å². The number of ether oxygens (including phenoxy) is 1. The Morgan fingerprint density at radius 2 is 1.86 bits per heavy atom. The normalized spacial score (nSPS) is 12.1. The molecular formula is C22H21F3N6O4S. The average Bonchev–Trinajstić information content (AvgIpc) is 3.44. The molecule has 0 saturated carbocycles. The number of benzene rings is 1. The lowest BCUT2D eigenvalue weighted by Gasteiger charge is -2.09. The summed E-state index contributed by atoms with van der Waals surface area (Å²) in [5.74, 6) is 0.553. The number of halogens is 3. The fourth-order valence-electron chi connectivity index (χ4n) is 3.24. The Labute approximate surface area is 204 Å². The summed E-state index contributed by atoms with van der Waals surface area (Å²) in [6, 6.07) is 9.32. The zero-order valence-corrected chi connectivity index (χ0v) is 20.0. The van der Waals surface area contributed by atoms with Gasteiger partial charge in [0.25, 0.3) is 5.89 Å². The van der Waals surface area contributed by atoms with Gasteiger partial charge in [-0.3, -0.25) is 4.68 Å². The molecule has 0 radical (unpaired) electrons. The van der Waals surface area contributed by atoms with Crippen LogP contribution in [0.1, 0.15) is 16.8 Å². The molecule has 1 aromatic carbocycles. The second-order valence-corrected chi connectivity index (χ2v) is 9.67. The van der Waals surface area contributed by atoms with Crippen LogP contribution in [-0.4, -0.2) is 46.1 Å². The van der Waals surface area contributed by atoms with Crippen molar-refractivity contribution in [2.45, 2.75) is 19.2 Å². The summed E-state index contributed by atoms with van der Waals surface area (Å²) >= 11 is 0. The SMILES string of the molecule is Cn1ncc(-c2nc(-c3ccc(CCNS(C)(=O)=O)cc3)no2)c1COc1ccc(C(F)(F)F)cn1. The number of hydrogen-bond acceptors (Lipinski definition) is 8. The zero-order valence-electron chi connectivity index (χ0n) is 19.2. The third-order valence-electron chi connectivity index (χ3n) is 5.13. The van der Waals surface area contributed by atoms with Crippen molar-refractivity contribution in [3.05, 3.63) is 65.6 Å². The van der Waals surface area contributed by atoms with Gasteiger partial charge in [-0.05, 0) is 18.1 Å². The van der Waals surface area contributed by atoms with Crippen molar-refractivity contribution >= 4 is 10.0 Å². The van der Waals surface area contributed by atoms with Crippen LogP contribution in [0.2, 0.25) is 0 Å². The van der Waals surface area contributed by atoms with Gasteiger partial charge in [0.05, 0.1) is 29.3 Å². The molecule has 0 aliphatic heterocycles. The average molecular weight is 523 g/mol. The summed E-state index contributed by atoms with van der Waals surface area (Å²) in [6.07, 6.45) is -0.621. The maximum atomic E-state index is 12.7. The molecule has 4 aromatic rings. The van der Waals surface area contributed by atoms with Crippen LogP contribution in [0.3, 0.4) is 0 Å². The molecule has 3 heterocycles. The standard InChI is InChI=1S/C22H21F3N6O4S/c1-31-18(13-34-19-8-7-16(11-26-19)22(23,24)25)17(12-27-31)21-29-20(30-35-21)15-5-3-14(4-6-15)9-10-28-36(2,32)33/h3-8,11-12,28H,9-10,13H2,1-2H3. The van der Waals surface area contributed by atoms with Crippen LogP contribution in [0.4, 0.5) is 13.2 Å². The van der Waals surface area contributed by atoms with Crippen molar-refractivity contribution < 1.29 is 30.8 Å². The molecule has 4 rings (SSSR count). The summed E-state index contributed by atoms with van der Waals surface area (Å²) < 4.78 is 75.4. The van der Waals surface area contributed by atoms with Crippen LogP contribution in [0, 0.1) is 0 Å². The first kappa shape index (κ1) is 25.3. The Morgan fingerprint density at radius 3 is 2.50 bits per heavy atom. The number of hydrogen-bond donors (Lipinski definition) is 1. The van der Waals surface area contributed by atoms with E-state index in [9.17, 15) is 21.6 Å². The fourth-order valence-corrected chi connectivity index (χ4v) is 3.71. The minimum Gasteiger partial charge on any atom is -0.471 e. The number of rotatable bonds is 9. The highest BCUT2D eigenvalue weighted by Crippen LogP contribution is 2.30. The Kier molecular flexibility index (Phi) is 7.08. The molecule has 190 valence electrons. The van der Waals surface area contributed by atoms with E-state index in [-0.39, 0.29) is 18.4 Å². The molecule has 0 aliphatic rings. The van der Waals surface area contributed by atoms with Gasteiger partial charge in [-0.25, -0.2) is 18.1 Å². The number of sulfonamides is 1. The molecule has 0 bridgehead atoms. The summed E-state index contributed by atoms with van der Waals surface area (Å²) in [5.41, 5.74) is 1.82. The van der Waals surface area contributed by atoms with E-state index in [0.717, 1.165) is 24.0 Å². The lowest BCUT2D eigenvalue weighted by molar-refractivity contribution is -0.137. The van der Waals surface area contributed by atoms with Crippen LogP contribution < -0.4 is 9.46 Å².